The molecule has 0 aliphatic rings. The number of carboxylic acids is 1. The number of carbonyl (C=O) groups is 2. The Labute approximate surface area is 82.7 Å². The Morgan fingerprint density at radius 3 is 2.43 bits per heavy atom. The van der Waals surface area contributed by atoms with E-state index in [4.69, 9.17) is 5.11 Å². The molecule has 82 valence electrons. The molecule has 0 atom stereocenters. The zero-order valence-electron chi connectivity index (χ0n) is 8.33. The van der Waals surface area contributed by atoms with Gasteiger partial charge in [-0.3, -0.25) is 14.0 Å². The molecule has 0 aliphatic carbocycles. The van der Waals surface area contributed by atoms with E-state index in [-0.39, 0.29) is 19.1 Å². The second kappa shape index (κ2) is 7.29. The number of aliphatic carboxylic acids is 1. The highest BCUT2D eigenvalue weighted by Crippen LogP contribution is 2.02. The highest BCUT2D eigenvalue weighted by Gasteiger charge is 2.10. The lowest BCUT2D eigenvalue weighted by Crippen LogP contribution is -2.31. The minimum Gasteiger partial charge on any atom is -0.480 e. The van der Waals surface area contributed by atoms with Gasteiger partial charge in [0.1, 0.15) is 6.54 Å². The topological polar surface area (TPSA) is 57.6 Å². The maximum Gasteiger partial charge on any atom is 0.323 e. The summed E-state index contributed by atoms with van der Waals surface area (Å²) in [6.07, 6.45) is 2.05. The van der Waals surface area contributed by atoms with E-state index in [2.05, 4.69) is 0 Å². The van der Waals surface area contributed by atoms with E-state index in [1.165, 1.54) is 7.05 Å². The summed E-state index contributed by atoms with van der Waals surface area (Å²) in [5.41, 5.74) is 0. The summed E-state index contributed by atoms with van der Waals surface area (Å²) >= 11 is 0. The molecular weight excluding hydrogens is 189 g/mol. The van der Waals surface area contributed by atoms with Gasteiger partial charge < -0.3 is 10.0 Å². The second-order valence-electron chi connectivity index (χ2n) is 3.14. The first-order chi connectivity index (χ1) is 6.57. The SMILES string of the molecule is CN(CC(=O)O)C(=O)CCCCCF. The van der Waals surface area contributed by atoms with Gasteiger partial charge in [0, 0.05) is 13.5 Å². The zero-order valence-corrected chi connectivity index (χ0v) is 8.33. The van der Waals surface area contributed by atoms with Crippen molar-refractivity contribution in [2.75, 3.05) is 20.3 Å². The van der Waals surface area contributed by atoms with Crippen molar-refractivity contribution in [1.29, 1.82) is 0 Å². The number of hydrogen-bond donors (Lipinski definition) is 1. The van der Waals surface area contributed by atoms with Gasteiger partial charge in [-0.15, -0.1) is 0 Å². The van der Waals surface area contributed by atoms with Crippen LogP contribution in [0.4, 0.5) is 4.39 Å². The summed E-state index contributed by atoms with van der Waals surface area (Å²) in [5, 5.41) is 8.40. The first-order valence-electron chi connectivity index (χ1n) is 4.59. The number of likely N-dealkylation sites (N-methyl/N-ethyl adjacent to an activating group) is 1. The summed E-state index contributed by atoms with van der Waals surface area (Å²) in [7, 11) is 1.45. The Bertz CT molecular complexity index is 196. The molecule has 0 aromatic rings. The molecule has 0 fully saturated rings. The molecule has 0 saturated carbocycles. The Balaban J connectivity index is 3.57. The van der Waals surface area contributed by atoms with E-state index in [0.717, 1.165) is 4.90 Å². The number of alkyl halides is 1. The fraction of sp³-hybridized carbons (Fsp3) is 0.778. The molecule has 14 heavy (non-hydrogen) atoms. The number of rotatable bonds is 7. The molecule has 0 aromatic carbocycles. The van der Waals surface area contributed by atoms with Crippen LogP contribution in [0.5, 0.6) is 0 Å². The first kappa shape index (κ1) is 12.9. The summed E-state index contributed by atoms with van der Waals surface area (Å²) in [6, 6.07) is 0. The lowest BCUT2D eigenvalue weighted by atomic mass is 10.2. The van der Waals surface area contributed by atoms with Gasteiger partial charge in [0.25, 0.3) is 0 Å². The summed E-state index contributed by atoms with van der Waals surface area (Å²) in [4.78, 5) is 22.6. The first-order valence-corrected chi connectivity index (χ1v) is 4.59. The Morgan fingerprint density at radius 2 is 1.93 bits per heavy atom. The van der Waals surface area contributed by atoms with E-state index >= 15 is 0 Å². The molecular formula is C9H16FNO3. The number of carboxylic acid groups (broad SMARTS) is 1. The van der Waals surface area contributed by atoms with Gasteiger partial charge in [-0.1, -0.05) is 6.42 Å². The van der Waals surface area contributed by atoms with Crippen LogP contribution < -0.4 is 0 Å². The number of nitrogens with zero attached hydrogens (tertiary/aromatic N) is 1. The third kappa shape index (κ3) is 6.39. The average molecular weight is 205 g/mol. The van der Waals surface area contributed by atoms with Crippen LogP contribution >= 0.6 is 0 Å². The van der Waals surface area contributed by atoms with Crippen molar-refractivity contribution >= 4 is 11.9 Å². The van der Waals surface area contributed by atoms with Gasteiger partial charge in [0.2, 0.25) is 5.91 Å². The van der Waals surface area contributed by atoms with Crippen molar-refractivity contribution in [1.82, 2.24) is 4.90 Å². The lowest BCUT2D eigenvalue weighted by Gasteiger charge is -2.13. The van der Waals surface area contributed by atoms with Gasteiger partial charge in [0.15, 0.2) is 0 Å². The number of unbranched alkanes of at least 4 members (excludes halogenated alkanes) is 2. The summed E-state index contributed by atoms with van der Waals surface area (Å²) in [5.74, 6) is -1.23. The lowest BCUT2D eigenvalue weighted by molar-refractivity contribution is -0.143. The molecule has 1 amide bonds. The fourth-order valence-corrected chi connectivity index (χ4v) is 1.03. The standard InChI is InChI=1S/C9H16FNO3/c1-11(7-9(13)14)8(12)5-3-2-4-6-10/h2-7H2,1H3,(H,13,14). The van der Waals surface area contributed by atoms with Crippen LogP contribution in [-0.2, 0) is 9.59 Å². The van der Waals surface area contributed by atoms with E-state index in [0.29, 0.717) is 25.7 Å². The van der Waals surface area contributed by atoms with E-state index in [1.54, 1.807) is 0 Å². The molecule has 5 heteroatoms. The third-order valence-corrected chi connectivity index (χ3v) is 1.82. The van der Waals surface area contributed by atoms with Gasteiger partial charge >= 0.3 is 5.97 Å². The molecule has 1 N–H and O–H groups in total. The Kier molecular flexibility index (Phi) is 6.70. The summed E-state index contributed by atoms with van der Waals surface area (Å²) in [6.45, 7) is -0.638. The van der Waals surface area contributed by atoms with Crippen LogP contribution in [-0.4, -0.2) is 42.1 Å². The number of carbonyl (C=O) groups excluding carboxylic acids is 1. The molecule has 0 unspecified atom stereocenters. The quantitative estimate of drug-likeness (QED) is 0.632. The second-order valence-corrected chi connectivity index (χ2v) is 3.14. The van der Waals surface area contributed by atoms with E-state index in [1.807, 2.05) is 0 Å². The number of hydrogen-bond acceptors (Lipinski definition) is 2. The number of halogens is 1. The molecule has 0 radical (unpaired) electrons. The largest absolute Gasteiger partial charge is 0.480 e. The maximum atomic E-state index is 11.7. The van der Waals surface area contributed by atoms with Gasteiger partial charge in [-0.2, -0.15) is 0 Å². The molecule has 0 heterocycles. The molecule has 0 aromatic heterocycles. The third-order valence-electron chi connectivity index (χ3n) is 1.82. The van der Waals surface area contributed by atoms with Crippen LogP contribution in [0.25, 0.3) is 0 Å². The van der Waals surface area contributed by atoms with Crippen molar-refractivity contribution in [2.24, 2.45) is 0 Å². The fourth-order valence-electron chi connectivity index (χ4n) is 1.03. The van der Waals surface area contributed by atoms with Crippen LogP contribution in [0.15, 0.2) is 0 Å². The Hall–Kier alpha value is -1.13. The van der Waals surface area contributed by atoms with Gasteiger partial charge in [-0.05, 0) is 12.8 Å². The van der Waals surface area contributed by atoms with E-state index in [9.17, 15) is 14.0 Å². The van der Waals surface area contributed by atoms with Gasteiger partial charge in [-0.25, -0.2) is 0 Å². The highest BCUT2D eigenvalue weighted by atomic mass is 19.1. The maximum absolute atomic E-state index is 11.7. The van der Waals surface area contributed by atoms with Crippen molar-refractivity contribution in [2.45, 2.75) is 25.7 Å². The molecule has 0 spiro atoms. The summed E-state index contributed by atoms with van der Waals surface area (Å²) < 4.78 is 11.7. The van der Waals surface area contributed by atoms with Crippen LogP contribution in [0, 0.1) is 0 Å². The monoisotopic (exact) mass is 205 g/mol. The average Bonchev–Trinajstić information content (AvgIpc) is 2.11. The predicted octanol–water partition coefficient (Wildman–Crippen LogP) is 1.06. The molecule has 0 rings (SSSR count). The molecule has 4 nitrogen and oxygen atoms in total. The van der Waals surface area contributed by atoms with Crippen molar-refractivity contribution in [3.8, 4) is 0 Å². The smallest absolute Gasteiger partial charge is 0.323 e. The van der Waals surface area contributed by atoms with Gasteiger partial charge in [0.05, 0.1) is 6.67 Å². The zero-order chi connectivity index (χ0) is 11.0. The van der Waals surface area contributed by atoms with Crippen molar-refractivity contribution < 1.29 is 19.1 Å². The predicted molar refractivity (Wildman–Crippen MR) is 49.7 cm³/mol. The van der Waals surface area contributed by atoms with E-state index < -0.39 is 5.97 Å². The minimum atomic E-state index is -1.02. The molecule has 0 aliphatic heterocycles. The van der Waals surface area contributed by atoms with Crippen LogP contribution in [0.2, 0.25) is 0 Å². The van der Waals surface area contributed by atoms with Crippen LogP contribution in [0.3, 0.4) is 0 Å². The normalized spacial score (nSPS) is 9.86. The van der Waals surface area contributed by atoms with Crippen LogP contribution in [0.1, 0.15) is 25.7 Å². The van der Waals surface area contributed by atoms with Crippen molar-refractivity contribution in [3.05, 3.63) is 0 Å². The molecule has 0 saturated heterocycles. The molecule has 0 bridgehead atoms. The number of amides is 1. The minimum absolute atomic E-state index is 0.203. The van der Waals surface area contributed by atoms with Crippen molar-refractivity contribution in [3.63, 3.8) is 0 Å². The Morgan fingerprint density at radius 1 is 1.29 bits per heavy atom. The highest BCUT2D eigenvalue weighted by molar-refractivity contribution is 5.80.